The summed E-state index contributed by atoms with van der Waals surface area (Å²) >= 11 is 0. The Labute approximate surface area is 178 Å². The largest absolute Gasteiger partial charge is 0.421 e. The Kier molecular flexibility index (Phi) is 7.38. The number of aromatic nitrogens is 2. The molecule has 1 aromatic heterocycles. The summed E-state index contributed by atoms with van der Waals surface area (Å²) in [7, 11) is 2.09. The van der Waals surface area contributed by atoms with Gasteiger partial charge < -0.3 is 9.32 Å². The number of benzene rings is 1. The number of hydrogen-bond donors (Lipinski definition) is 0. The van der Waals surface area contributed by atoms with Gasteiger partial charge in [-0.2, -0.15) is 5.26 Å². The van der Waals surface area contributed by atoms with Gasteiger partial charge in [0.25, 0.3) is 5.89 Å². The predicted molar refractivity (Wildman–Crippen MR) is 115 cm³/mol. The molecule has 6 heteroatoms. The Balaban J connectivity index is 1.72. The Morgan fingerprint density at radius 2 is 2.07 bits per heavy atom. The molecule has 0 saturated heterocycles. The molecule has 1 aliphatic rings. The highest BCUT2D eigenvalue weighted by molar-refractivity contribution is 5.53. The van der Waals surface area contributed by atoms with Gasteiger partial charge >= 0.3 is 0 Å². The molecule has 0 unspecified atom stereocenters. The number of nitriles is 1. The van der Waals surface area contributed by atoms with E-state index in [-0.39, 0.29) is 11.7 Å². The van der Waals surface area contributed by atoms with E-state index in [9.17, 15) is 4.39 Å². The van der Waals surface area contributed by atoms with Crippen molar-refractivity contribution in [2.24, 2.45) is 23.7 Å². The van der Waals surface area contributed by atoms with Gasteiger partial charge in [-0.15, -0.1) is 10.2 Å². The summed E-state index contributed by atoms with van der Waals surface area (Å²) in [6.45, 7) is 8.50. The predicted octanol–water partition coefficient (Wildman–Crippen LogP) is 5.12. The highest BCUT2D eigenvalue weighted by Gasteiger charge is 2.33. The van der Waals surface area contributed by atoms with Gasteiger partial charge in [0.15, 0.2) is 0 Å². The highest BCUT2D eigenvalue weighted by atomic mass is 19.1. The molecule has 0 aliphatic heterocycles. The lowest BCUT2D eigenvalue weighted by atomic mass is 9.69. The van der Waals surface area contributed by atoms with Crippen LogP contribution in [0.4, 0.5) is 4.39 Å². The van der Waals surface area contributed by atoms with E-state index in [1.807, 2.05) is 0 Å². The van der Waals surface area contributed by atoms with Crippen LogP contribution >= 0.6 is 0 Å². The van der Waals surface area contributed by atoms with Crippen LogP contribution in [0.2, 0.25) is 0 Å². The summed E-state index contributed by atoms with van der Waals surface area (Å²) in [4.78, 5) is 2.26. The molecular formula is C24H31FN4O. The van der Waals surface area contributed by atoms with Crippen molar-refractivity contribution in [1.29, 1.82) is 5.26 Å². The number of rotatable bonds is 8. The van der Waals surface area contributed by atoms with E-state index in [1.165, 1.54) is 11.6 Å². The van der Waals surface area contributed by atoms with Gasteiger partial charge in [0.05, 0.1) is 11.6 Å². The van der Waals surface area contributed by atoms with E-state index in [2.05, 4.69) is 55.1 Å². The molecule has 0 spiro atoms. The van der Waals surface area contributed by atoms with Crippen molar-refractivity contribution in [2.45, 2.75) is 40.0 Å². The molecule has 0 amide bonds. The average molecular weight is 411 g/mol. The summed E-state index contributed by atoms with van der Waals surface area (Å²) in [5.41, 5.74) is 1.68. The minimum absolute atomic E-state index is 0.234. The summed E-state index contributed by atoms with van der Waals surface area (Å²) in [6.07, 6.45) is 4.69. The van der Waals surface area contributed by atoms with Crippen LogP contribution in [0.3, 0.4) is 0 Å². The van der Waals surface area contributed by atoms with Gasteiger partial charge in [0.2, 0.25) is 5.89 Å². The van der Waals surface area contributed by atoms with Crippen LogP contribution in [-0.2, 0) is 6.42 Å². The molecule has 0 saturated carbocycles. The maximum atomic E-state index is 14.0. The van der Waals surface area contributed by atoms with Crippen LogP contribution in [0, 0.1) is 40.8 Å². The van der Waals surface area contributed by atoms with Gasteiger partial charge in [-0.1, -0.05) is 37.6 Å². The molecule has 0 fully saturated rings. The zero-order valence-electron chi connectivity index (χ0n) is 18.3. The maximum absolute atomic E-state index is 14.0. The third-order valence-corrected chi connectivity index (χ3v) is 6.20. The lowest BCUT2D eigenvalue weighted by Crippen LogP contribution is -2.36. The second-order valence-electron chi connectivity index (χ2n) is 8.77. The fraction of sp³-hybridized carbons (Fsp3) is 0.542. The van der Waals surface area contributed by atoms with Crippen molar-refractivity contribution in [3.63, 3.8) is 0 Å². The molecule has 30 heavy (non-hydrogen) atoms. The molecule has 5 nitrogen and oxygen atoms in total. The van der Waals surface area contributed by atoms with Gasteiger partial charge in [0, 0.05) is 25.9 Å². The fourth-order valence-corrected chi connectivity index (χ4v) is 4.47. The van der Waals surface area contributed by atoms with E-state index < -0.39 is 0 Å². The van der Waals surface area contributed by atoms with Crippen LogP contribution in [-0.4, -0.2) is 35.2 Å². The lowest BCUT2D eigenvalue weighted by molar-refractivity contribution is 0.177. The Morgan fingerprint density at radius 1 is 1.30 bits per heavy atom. The zero-order valence-corrected chi connectivity index (χ0v) is 18.3. The SMILES string of the molecule is CC1=C[C@@H](CN(C)CCC#N)[C@H](C(C)C)C[C@H]1Cc1nnc(-c2ccccc2F)o1. The molecule has 0 N–H and O–H groups in total. The first-order valence-corrected chi connectivity index (χ1v) is 10.7. The van der Waals surface area contributed by atoms with Crippen molar-refractivity contribution < 1.29 is 8.81 Å². The van der Waals surface area contributed by atoms with Crippen molar-refractivity contribution in [2.75, 3.05) is 20.1 Å². The third kappa shape index (κ3) is 5.34. The summed E-state index contributed by atoms with van der Waals surface area (Å²) in [5.74, 6) is 2.36. The number of nitrogens with zero attached hydrogens (tertiary/aromatic N) is 4. The first-order chi connectivity index (χ1) is 14.4. The van der Waals surface area contributed by atoms with Crippen molar-refractivity contribution in [3.8, 4) is 17.5 Å². The Morgan fingerprint density at radius 3 is 2.77 bits per heavy atom. The topological polar surface area (TPSA) is 66.0 Å². The minimum Gasteiger partial charge on any atom is -0.421 e. The van der Waals surface area contributed by atoms with Crippen LogP contribution in [0.5, 0.6) is 0 Å². The first-order valence-electron chi connectivity index (χ1n) is 10.7. The van der Waals surface area contributed by atoms with E-state index in [4.69, 9.17) is 9.68 Å². The van der Waals surface area contributed by atoms with Crippen LogP contribution in [0.15, 0.2) is 40.3 Å². The number of allylic oxidation sites excluding steroid dienone is 1. The smallest absolute Gasteiger partial charge is 0.250 e. The minimum atomic E-state index is -0.357. The van der Waals surface area contributed by atoms with E-state index >= 15 is 0 Å². The van der Waals surface area contributed by atoms with Crippen LogP contribution in [0.25, 0.3) is 11.5 Å². The number of halogens is 1. The second-order valence-corrected chi connectivity index (χ2v) is 8.77. The van der Waals surface area contributed by atoms with Gasteiger partial charge in [-0.3, -0.25) is 0 Å². The molecule has 2 aromatic rings. The fourth-order valence-electron chi connectivity index (χ4n) is 4.47. The Bertz CT molecular complexity index is 914. The molecule has 3 rings (SSSR count). The lowest BCUT2D eigenvalue weighted by Gasteiger charge is -2.38. The summed E-state index contributed by atoms with van der Waals surface area (Å²) < 4.78 is 19.8. The molecule has 1 aromatic carbocycles. The number of hydrogen-bond acceptors (Lipinski definition) is 5. The van der Waals surface area contributed by atoms with Gasteiger partial charge in [0.1, 0.15) is 5.82 Å². The normalized spacial score (nSPS) is 21.7. The van der Waals surface area contributed by atoms with E-state index in [0.717, 1.165) is 19.5 Å². The third-order valence-electron chi connectivity index (χ3n) is 6.20. The van der Waals surface area contributed by atoms with E-state index in [0.29, 0.717) is 48.0 Å². The molecule has 0 radical (unpaired) electrons. The van der Waals surface area contributed by atoms with Crippen molar-refractivity contribution >= 4 is 0 Å². The second kappa shape index (κ2) is 9.99. The molecule has 0 bridgehead atoms. The Hall–Kier alpha value is -2.52. The summed E-state index contributed by atoms with van der Waals surface area (Å²) in [6, 6.07) is 8.68. The van der Waals surface area contributed by atoms with Gasteiger partial charge in [-0.25, -0.2) is 4.39 Å². The van der Waals surface area contributed by atoms with Crippen LogP contribution < -0.4 is 0 Å². The van der Waals surface area contributed by atoms with E-state index in [1.54, 1.807) is 18.2 Å². The van der Waals surface area contributed by atoms with Crippen LogP contribution in [0.1, 0.15) is 39.5 Å². The van der Waals surface area contributed by atoms with Gasteiger partial charge in [-0.05, 0) is 56.2 Å². The first kappa shape index (κ1) is 22.2. The monoisotopic (exact) mass is 410 g/mol. The standard InChI is InChI=1S/C24H31FN4O/c1-16(2)21-13-18(17(3)12-19(21)15-29(4)11-7-10-26)14-23-27-28-24(30-23)20-8-5-6-9-22(20)25/h5-6,8-9,12,16,18-19,21H,7,11,13-15H2,1-4H3/t18-,19-,21-/m0/s1. The highest BCUT2D eigenvalue weighted by Crippen LogP contribution is 2.39. The molecule has 1 aliphatic carbocycles. The average Bonchev–Trinajstić information content (AvgIpc) is 3.16. The maximum Gasteiger partial charge on any atom is 0.250 e. The summed E-state index contributed by atoms with van der Waals surface area (Å²) in [5, 5.41) is 17.1. The van der Waals surface area contributed by atoms with Crippen molar-refractivity contribution in [1.82, 2.24) is 15.1 Å². The molecule has 1 heterocycles. The van der Waals surface area contributed by atoms with Crippen molar-refractivity contribution in [3.05, 3.63) is 47.6 Å². The quantitative estimate of drug-likeness (QED) is 0.565. The molecule has 160 valence electrons. The zero-order chi connectivity index (χ0) is 21.7. The molecule has 3 atom stereocenters. The molecular weight excluding hydrogens is 379 g/mol.